The zero-order chi connectivity index (χ0) is 17.6. The smallest absolute Gasteiger partial charge is 0.224 e. The predicted octanol–water partition coefficient (Wildman–Crippen LogP) is 3.02. The quantitative estimate of drug-likeness (QED) is 0.877. The van der Waals surface area contributed by atoms with Crippen LogP contribution in [0.3, 0.4) is 0 Å². The van der Waals surface area contributed by atoms with E-state index in [1.54, 1.807) is 19.2 Å². The van der Waals surface area contributed by atoms with Crippen LogP contribution in [-0.2, 0) is 11.2 Å². The molecule has 1 atom stereocenters. The van der Waals surface area contributed by atoms with Gasteiger partial charge in [0, 0.05) is 30.9 Å². The van der Waals surface area contributed by atoms with Crippen molar-refractivity contribution in [2.45, 2.75) is 12.8 Å². The van der Waals surface area contributed by atoms with Crippen molar-refractivity contribution in [1.29, 1.82) is 0 Å². The number of nitrogens with one attached hydrogen (secondary N) is 1. The predicted molar refractivity (Wildman–Crippen MR) is 96.4 cm³/mol. The summed E-state index contributed by atoms with van der Waals surface area (Å²) < 4.78 is 18.3. The van der Waals surface area contributed by atoms with Crippen LogP contribution in [0.2, 0.25) is 0 Å². The molecule has 1 aliphatic rings. The van der Waals surface area contributed by atoms with Crippen molar-refractivity contribution in [2.24, 2.45) is 5.92 Å². The molecule has 25 heavy (non-hydrogen) atoms. The van der Waals surface area contributed by atoms with E-state index in [0.717, 1.165) is 36.5 Å². The van der Waals surface area contributed by atoms with Gasteiger partial charge < -0.3 is 15.0 Å². The summed E-state index contributed by atoms with van der Waals surface area (Å²) in [5, 5.41) is 3.02. The minimum Gasteiger partial charge on any atom is -0.496 e. The van der Waals surface area contributed by atoms with Crippen LogP contribution in [0.1, 0.15) is 12.0 Å². The summed E-state index contributed by atoms with van der Waals surface area (Å²) in [6, 6.07) is 14.1. The Hall–Kier alpha value is -2.56. The summed E-state index contributed by atoms with van der Waals surface area (Å²) in [7, 11) is 1.61. The van der Waals surface area contributed by atoms with Crippen LogP contribution >= 0.6 is 0 Å². The first-order chi connectivity index (χ1) is 12.2. The Morgan fingerprint density at radius 2 is 2.00 bits per heavy atom. The molecule has 5 heteroatoms. The number of methoxy groups -OCH3 is 1. The lowest BCUT2D eigenvalue weighted by Gasteiger charge is -2.19. The fourth-order valence-electron chi connectivity index (χ4n) is 3.23. The molecule has 1 heterocycles. The Bertz CT molecular complexity index is 718. The largest absolute Gasteiger partial charge is 0.496 e. The molecule has 3 rings (SSSR count). The van der Waals surface area contributed by atoms with Crippen LogP contribution in [0.15, 0.2) is 48.5 Å². The van der Waals surface area contributed by atoms with E-state index in [9.17, 15) is 9.18 Å². The van der Waals surface area contributed by atoms with E-state index in [0.29, 0.717) is 18.9 Å². The number of para-hydroxylation sites is 1. The van der Waals surface area contributed by atoms with Crippen LogP contribution in [-0.4, -0.2) is 32.7 Å². The summed E-state index contributed by atoms with van der Waals surface area (Å²) >= 11 is 0. The second kappa shape index (κ2) is 8.01. The molecule has 2 aromatic carbocycles. The van der Waals surface area contributed by atoms with E-state index in [1.807, 2.05) is 24.3 Å². The van der Waals surface area contributed by atoms with E-state index in [1.165, 1.54) is 12.1 Å². The molecular weight excluding hydrogens is 319 g/mol. The number of hydrogen-bond acceptors (Lipinski definition) is 3. The van der Waals surface area contributed by atoms with Gasteiger partial charge in [0.05, 0.1) is 13.5 Å². The SMILES string of the molecule is COc1ccccc1CC(=O)NC[C@H]1CCN(c2ccc(F)cc2)C1. The highest BCUT2D eigenvalue weighted by atomic mass is 19.1. The molecule has 0 bridgehead atoms. The average molecular weight is 342 g/mol. The third-order valence-corrected chi connectivity index (χ3v) is 4.61. The second-order valence-corrected chi connectivity index (χ2v) is 6.37. The fraction of sp³-hybridized carbons (Fsp3) is 0.350. The zero-order valence-corrected chi connectivity index (χ0v) is 14.4. The number of anilines is 1. The molecule has 0 aliphatic carbocycles. The zero-order valence-electron chi connectivity index (χ0n) is 14.4. The number of nitrogens with zero attached hydrogens (tertiary/aromatic N) is 1. The number of halogens is 1. The monoisotopic (exact) mass is 342 g/mol. The van der Waals surface area contributed by atoms with E-state index in [-0.39, 0.29) is 11.7 Å². The molecule has 1 saturated heterocycles. The van der Waals surface area contributed by atoms with E-state index >= 15 is 0 Å². The van der Waals surface area contributed by atoms with Crippen molar-refractivity contribution in [2.75, 3.05) is 31.6 Å². The number of carbonyl (C=O) groups is 1. The number of carbonyl (C=O) groups excluding carboxylic acids is 1. The highest BCUT2D eigenvalue weighted by Crippen LogP contribution is 2.23. The molecular formula is C20H23FN2O2. The summed E-state index contributed by atoms with van der Waals surface area (Å²) in [6.45, 7) is 2.46. The standard InChI is InChI=1S/C20H23FN2O2/c1-25-19-5-3-2-4-16(19)12-20(24)22-13-15-10-11-23(14-15)18-8-6-17(21)7-9-18/h2-9,15H,10-14H2,1H3,(H,22,24)/t15-/m1/s1. The first kappa shape index (κ1) is 17.3. The van der Waals surface area contributed by atoms with E-state index in [2.05, 4.69) is 10.2 Å². The van der Waals surface area contributed by atoms with E-state index < -0.39 is 0 Å². The summed E-state index contributed by atoms with van der Waals surface area (Å²) in [6.07, 6.45) is 1.34. The minimum atomic E-state index is -0.219. The molecule has 1 N–H and O–H groups in total. The lowest BCUT2D eigenvalue weighted by Crippen LogP contribution is -2.32. The third kappa shape index (κ3) is 4.50. The molecule has 1 aliphatic heterocycles. The normalized spacial score (nSPS) is 16.7. The number of amides is 1. The summed E-state index contributed by atoms with van der Waals surface area (Å²) in [5.74, 6) is 0.931. The highest BCUT2D eigenvalue weighted by Gasteiger charge is 2.23. The van der Waals surface area contributed by atoms with Crippen molar-refractivity contribution in [3.05, 3.63) is 59.9 Å². The average Bonchev–Trinajstić information content (AvgIpc) is 3.10. The molecule has 0 aromatic heterocycles. The molecule has 1 fully saturated rings. The number of rotatable bonds is 6. The Morgan fingerprint density at radius 3 is 2.76 bits per heavy atom. The van der Waals surface area contributed by atoms with Crippen molar-refractivity contribution in [3.8, 4) is 5.75 Å². The van der Waals surface area contributed by atoms with Gasteiger partial charge in [0.1, 0.15) is 11.6 Å². The van der Waals surface area contributed by atoms with Gasteiger partial charge in [-0.2, -0.15) is 0 Å². The van der Waals surface area contributed by atoms with Crippen LogP contribution in [0.25, 0.3) is 0 Å². The van der Waals surface area contributed by atoms with Crippen LogP contribution < -0.4 is 15.0 Å². The molecule has 0 unspecified atom stereocenters. The van der Waals surface area contributed by atoms with Crippen molar-refractivity contribution in [1.82, 2.24) is 5.32 Å². The minimum absolute atomic E-state index is 0.00438. The lowest BCUT2D eigenvalue weighted by atomic mass is 10.1. The van der Waals surface area contributed by atoms with Gasteiger partial charge >= 0.3 is 0 Å². The second-order valence-electron chi connectivity index (χ2n) is 6.37. The maximum atomic E-state index is 13.0. The van der Waals surface area contributed by atoms with Gasteiger partial charge in [-0.15, -0.1) is 0 Å². The highest BCUT2D eigenvalue weighted by molar-refractivity contribution is 5.79. The van der Waals surface area contributed by atoms with Crippen molar-refractivity contribution < 1.29 is 13.9 Å². The summed E-state index contributed by atoms with van der Waals surface area (Å²) in [4.78, 5) is 14.4. The van der Waals surface area contributed by atoms with Crippen LogP contribution in [0.4, 0.5) is 10.1 Å². The first-order valence-electron chi connectivity index (χ1n) is 8.55. The topological polar surface area (TPSA) is 41.6 Å². The molecule has 2 aromatic rings. The van der Waals surface area contributed by atoms with Crippen LogP contribution in [0, 0.1) is 11.7 Å². The van der Waals surface area contributed by atoms with Gasteiger partial charge in [-0.1, -0.05) is 18.2 Å². The van der Waals surface area contributed by atoms with Crippen molar-refractivity contribution in [3.63, 3.8) is 0 Å². The van der Waals surface area contributed by atoms with E-state index in [4.69, 9.17) is 4.74 Å². The molecule has 0 spiro atoms. The van der Waals surface area contributed by atoms with Crippen molar-refractivity contribution >= 4 is 11.6 Å². The Labute approximate surface area is 147 Å². The lowest BCUT2D eigenvalue weighted by molar-refractivity contribution is -0.120. The molecule has 1 amide bonds. The van der Waals surface area contributed by atoms with Gasteiger partial charge in [-0.05, 0) is 42.7 Å². The number of hydrogen-bond donors (Lipinski definition) is 1. The molecule has 132 valence electrons. The van der Waals surface area contributed by atoms with Gasteiger partial charge in [0.15, 0.2) is 0 Å². The van der Waals surface area contributed by atoms with Gasteiger partial charge in [-0.25, -0.2) is 4.39 Å². The summed E-state index contributed by atoms with van der Waals surface area (Å²) in [5.41, 5.74) is 1.92. The molecule has 0 radical (unpaired) electrons. The van der Waals surface area contributed by atoms with Gasteiger partial charge in [-0.3, -0.25) is 4.79 Å². The van der Waals surface area contributed by atoms with Gasteiger partial charge in [0.2, 0.25) is 5.91 Å². The third-order valence-electron chi connectivity index (χ3n) is 4.61. The molecule has 4 nitrogen and oxygen atoms in total. The Kier molecular flexibility index (Phi) is 5.53. The number of ether oxygens (including phenoxy) is 1. The Balaban J connectivity index is 1.47. The first-order valence-corrected chi connectivity index (χ1v) is 8.55. The molecule has 0 saturated carbocycles. The maximum absolute atomic E-state index is 13.0. The number of benzene rings is 2. The Morgan fingerprint density at radius 1 is 1.24 bits per heavy atom. The van der Waals surface area contributed by atoms with Gasteiger partial charge in [0.25, 0.3) is 0 Å². The maximum Gasteiger partial charge on any atom is 0.224 e. The van der Waals surface area contributed by atoms with Crippen LogP contribution in [0.5, 0.6) is 5.75 Å². The fourth-order valence-corrected chi connectivity index (χ4v) is 3.23.